The summed E-state index contributed by atoms with van der Waals surface area (Å²) in [5, 5.41) is 9.27. The molecule has 1 atom stereocenters. The molecular formula is C13H13ClN2O2S. The van der Waals surface area contributed by atoms with E-state index in [9.17, 15) is 9.90 Å². The number of rotatable bonds is 2. The molecule has 0 saturated carbocycles. The molecule has 3 heterocycles. The van der Waals surface area contributed by atoms with E-state index in [0.717, 1.165) is 35.8 Å². The van der Waals surface area contributed by atoms with Gasteiger partial charge in [0.05, 0.1) is 14.9 Å². The Hall–Kier alpha value is -1.33. The standard InChI is InChI=1S/C13H13ClN2O2S/c1-7-2-3-8-11(13(17)18)15-12(16(8)6-7)9-4-5-10(14)19-9/h4-5,7H,2-3,6H2,1H3,(H,17,18). The molecule has 2 aromatic rings. The second kappa shape index (κ2) is 4.65. The molecule has 6 heteroatoms. The summed E-state index contributed by atoms with van der Waals surface area (Å²) in [5.74, 6) is 0.320. The zero-order valence-electron chi connectivity index (χ0n) is 10.4. The maximum Gasteiger partial charge on any atom is 0.356 e. The van der Waals surface area contributed by atoms with Crippen LogP contribution in [-0.4, -0.2) is 20.6 Å². The molecule has 1 unspecified atom stereocenters. The summed E-state index contributed by atoms with van der Waals surface area (Å²) in [6, 6.07) is 3.71. The van der Waals surface area contributed by atoms with Crippen LogP contribution in [0.15, 0.2) is 12.1 Å². The first kappa shape index (κ1) is 12.7. The minimum Gasteiger partial charge on any atom is -0.476 e. The van der Waals surface area contributed by atoms with Crippen LogP contribution in [0.2, 0.25) is 4.34 Å². The highest BCUT2D eigenvalue weighted by atomic mass is 35.5. The molecule has 1 aliphatic heterocycles. The molecule has 0 radical (unpaired) electrons. The summed E-state index contributed by atoms with van der Waals surface area (Å²) in [6.07, 6.45) is 1.78. The quantitative estimate of drug-likeness (QED) is 0.922. The Bertz CT molecular complexity index is 647. The Balaban J connectivity index is 2.17. The fraction of sp³-hybridized carbons (Fsp3) is 0.385. The highest BCUT2D eigenvalue weighted by Crippen LogP contribution is 2.34. The molecule has 0 bridgehead atoms. The minimum atomic E-state index is -0.952. The van der Waals surface area contributed by atoms with Crippen molar-refractivity contribution in [1.82, 2.24) is 9.55 Å². The average Bonchev–Trinajstić information content (AvgIpc) is 2.92. The van der Waals surface area contributed by atoms with Gasteiger partial charge in [-0.25, -0.2) is 9.78 Å². The molecule has 19 heavy (non-hydrogen) atoms. The molecule has 0 aliphatic carbocycles. The van der Waals surface area contributed by atoms with Gasteiger partial charge >= 0.3 is 5.97 Å². The lowest BCUT2D eigenvalue weighted by Crippen LogP contribution is -2.19. The number of carboxylic acid groups (broad SMARTS) is 1. The summed E-state index contributed by atoms with van der Waals surface area (Å²) in [5.41, 5.74) is 1.02. The van der Waals surface area contributed by atoms with Crippen LogP contribution in [0.3, 0.4) is 0 Å². The smallest absolute Gasteiger partial charge is 0.356 e. The Morgan fingerprint density at radius 3 is 3.00 bits per heavy atom. The van der Waals surface area contributed by atoms with Crippen LogP contribution >= 0.6 is 22.9 Å². The first-order valence-corrected chi connectivity index (χ1v) is 7.34. The summed E-state index contributed by atoms with van der Waals surface area (Å²) in [6.45, 7) is 3.00. The lowest BCUT2D eigenvalue weighted by atomic mass is 9.99. The maximum atomic E-state index is 11.3. The van der Waals surface area contributed by atoms with Gasteiger partial charge < -0.3 is 9.67 Å². The van der Waals surface area contributed by atoms with E-state index in [2.05, 4.69) is 11.9 Å². The molecule has 3 rings (SSSR count). The predicted octanol–water partition coefficient (Wildman–Crippen LogP) is 3.55. The van der Waals surface area contributed by atoms with Crippen molar-refractivity contribution in [3.05, 3.63) is 27.9 Å². The van der Waals surface area contributed by atoms with Crippen LogP contribution in [0, 0.1) is 5.92 Å². The molecular weight excluding hydrogens is 284 g/mol. The van der Waals surface area contributed by atoms with E-state index >= 15 is 0 Å². The lowest BCUT2D eigenvalue weighted by Gasteiger charge is -2.22. The number of aromatic carboxylic acids is 1. The first-order valence-electron chi connectivity index (χ1n) is 6.14. The topological polar surface area (TPSA) is 55.1 Å². The molecule has 100 valence electrons. The van der Waals surface area contributed by atoms with E-state index in [4.69, 9.17) is 11.6 Å². The van der Waals surface area contributed by atoms with E-state index in [1.165, 1.54) is 11.3 Å². The van der Waals surface area contributed by atoms with Crippen LogP contribution in [0.5, 0.6) is 0 Å². The third-order valence-corrected chi connectivity index (χ3v) is 4.66. The number of hydrogen-bond acceptors (Lipinski definition) is 3. The molecule has 0 amide bonds. The summed E-state index contributed by atoms with van der Waals surface area (Å²) >= 11 is 7.39. The second-order valence-corrected chi connectivity index (χ2v) is 6.61. The number of carboxylic acids is 1. The van der Waals surface area contributed by atoms with Gasteiger partial charge in [-0.1, -0.05) is 18.5 Å². The van der Waals surface area contributed by atoms with Crippen molar-refractivity contribution in [2.75, 3.05) is 0 Å². The van der Waals surface area contributed by atoms with Crippen molar-refractivity contribution in [3.63, 3.8) is 0 Å². The second-order valence-electron chi connectivity index (χ2n) is 4.89. The first-order chi connectivity index (χ1) is 9.06. The largest absolute Gasteiger partial charge is 0.476 e. The van der Waals surface area contributed by atoms with Crippen molar-refractivity contribution >= 4 is 28.9 Å². The van der Waals surface area contributed by atoms with Gasteiger partial charge in [0.1, 0.15) is 0 Å². The molecule has 0 spiro atoms. The highest BCUT2D eigenvalue weighted by molar-refractivity contribution is 7.19. The van der Waals surface area contributed by atoms with Crippen LogP contribution in [-0.2, 0) is 13.0 Å². The molecule has 1 aliphatic rings. The molecule has 1 N–H and O–H groups in total. The number of fused-ring (bicyclic) bond motifs is 1. The Kier molecular flexibility index (Phi) is 3.11. The summed E-state index contributed by atoms with van der Waals surface area (Å²) < 4.78 is 2.73. The van der Waals surface area contributed by atoms with Gasteiger partial charge in [0.25, 0.3) is 0 Å². The molecule has 4 nitrogen and oxygen atoms in total. The number of thiophene rings is 1. The van der Waals surface area contributed by atoms with E-state index < -0.39 is 5.97 Å². The van der Waals surface area contributed by atoms with E-state index in [0.29, 0.717) is 10.3 Å². The lowest BCUT2D eigenvalue weighted by molar-refractivity contribution is 0.0689. The van der Waals surface area contributed by atoms with Crippen LogP contribution in [0.25, 0.3) is 10.7 Å². The minimum absolute atomic E-state index is 0.187. The third kappa shape index (κ3) is 2.17. The molecule has 0 aromatic carbocycles. The highest BCUT2D eigenvalue weighted by Gasteiger charge is 2.27. The SMILES string of the molecule is CC1CCc2c(C(=O)O)nc(-c3ccc(Cl)s3)n2C1. The monoisotopic (exact) mass is 296 g/mol. The van der Waals surface area contributed by atoms with Crippen molar-refractivity contribution in [3.8, 4) is 10.7 Å². The van der Waals surface area contributed by atoms with Gasteiger partial charge in [-0.3, -0.25) is 0 Å². The Labute approximate surface area is 119 Å². The summed E-state index contributed by atoms with van der Waals surface area (Å²) in [4.78, 5) is 16.6. The zero-order valence-corrected chi connectivity index (χ0v) is 12.0. The number of imidazole rings is 1. The normalized spacial score (nSPS) is 18.3. The summed E-state index contributed by atoms with van der Waals surface area (Å²) in [7, 11) is 0. The zero-order chi connectivity index (χ0) is 13.6. The molecule has 0 fully saturated rings. The third-order valence-electron chi connectivity index (χ3n) is 3.44. The molecule has 0 saturated heterocycles. The maximum absolute atomic E-state index is 11.3. The van der Waals surface area contributed by atoms with Gasteiger partial charge in [0.2, 0.25) is 0 Å². The number of halogens is 1. The van der Waals surface area contributed by atoms with Crippen molar-refractivity contribution < 1.29 is 9.90 Å². The predicted molar refractivity (Wildman–Crippen MR) is 75.0 cm³/mol. The van der Waals surface area contributed by atoms with Gasteiger partial charge in [-0.15, -0.1) is 11.3 Å². The van der Waals surface area contributed by atoms with Gasteiger partial charge in [-0.05, 0) is 30.9 Å². The van der Waals surface area contributed by atoms with Crippen LogP contribution in [0.4, 0.5) is 0 Å². The van der Waals surface area contributed by atoms with Crippen molar-refractivity contribution in [2.45, 2.75) is 26.3 Å². The van der Waals surface area contributed by atoms with Gasteiger partial charge in [0, 0.05) is 6.54 Å². The van der Waals surface area contributed by atoms with Crippen LogP contribution < -0.4 is 0 Å². The van der Waals surface area contributed by atoms with Gasteiger partial charge in [-0.2, -0.15) is 0 Å². The average molecular weight is 297 g/mol. The van der Waals surface area contributed by atoms with E-state index in [-0.39, 0.29) is 5.69 Å². The fourth-order valence-corrected chi connectivity index (χ4v) is 3.56. The Morgan fingerprint density at radius 1 is 1.58 bits per heavy atom. The van der Waals surface area contributed by atoms with Gasteiger partial charge in [0.15, 0.2) is 11.5 Å². The van der Waals surface area contributed by atoms with E-state index in [1.807, 2.05) is 16.7 Å². The number of carbonyl (C=O) groups is 1. The fourth-order valence-electron chi connectivity index (χ4n) is 2.52. The Morgan fingerprint density at radius 2 is 2.37 bits per heavy atom. The number of aromatic nitrogens is 2. The van der Waals surface area contributed by atoms with E-state index in [1.54, 1.807) is 0 Å². The van der Waals surface area contributed by atoms with Crippen LogP contribution in [0.1, 0.15) is 29.5 Å². The number of nitrogens with zero attached hydrogens (tertiary/aromatic N) is 2. The van der Waals surface area contributed by atoms with Crippen molar-refractivity contribution in [2.24, 2.45) is 5.92 Å². The number of hydrogen-bond donors (Lipinski definition) is 1. The van der Waals surface area contributed by atoms with Crippen molar-refractivity contribution in [1.29, 1.82) is 0 Å². The molecule has 2 aromatic heterocycles.